The molecule has 0 fully saturated rings. The summed E-state index contributed by atoms with van der Waals surface area (Å²) in [5.74, 6) is 0. The zero-order valence-corrected chi connectivity index (χ0v) is 10.9. The second-order valence-corrected chi connectivity index (χ2v) is 4.19. The van der Waals surface area contributed by atoms with Gasteiger partial charge in [0.1, 0.15) is 12.0 Å². The van der Waals surface area contributed by atoms with E-state index in [-0.39, 0.29) is 0 Å². The molecule has 0 radical (unpaired) electrons. The Kier molecular flexibility index (Phi) is 3.37. The minimum absolute atomic E-state index is 0.783. The molecule has 0 unspecified atom stereocenters. The van der Waals surface area contributed by atoms with Gasteiger partial charge in [0.2, 0.25) is 0 Å². The van der Waals surface area contributed by atoms with Crippen LogP contribution in [0.25, 0.3) is 5.69 Å². The topological polar surface area (TPSA) is 43.1 Å². The lowest BCUT2D eigenvalue weighted by molar-refractivity contribution is 0.997. The molecule has 0 N–H and O–H groups in total. The summed E-state index contributed by atoms with van der Waals surface area (Å²) in [5.41, 5.74) is 4.67. The molecule has 0 amide bonds. The number of hydrogen-bond acceptors (Lipinski definition) is 3. The molecule has 92 valence electrons. The highest BCUT2D eigenvalue weighted by molar-refractivity contribution is 5.98. The van der Waals surface area contributed by atoms with Crippen molar-refractivity contribution in [3.8, 4) is 5.69 Å². The monoisotopic (exact) mass is 240 g/mol. The van der Waals surface area contributed by atoms with Crippen LogP contribution < -0.4 is 0 Å². The zero-order valence-electron chi connectivity index (χ0n) is 10.9. The Hall–Kier alpha value is -2.23. The van der Waals surface area contributed by atoms with Gasteiger partial charge in [0.05, 0.1) is 5.71 Å². The van der Waals surface area contributed by atoms with Crippen LogP contribution in [0.4, 0.5) is 0 Å². The molecule has 0 aliphatic rings. The molecular formula is C14H16N4. The summed E-state index contributed by atoms with van der Waals surface area (Å²) in [4.78, 5) is 12.8. The molecule has 0 saturated heterocycles. The maximum absolute atomic E-state index is 4.42. The minimum Gasteiger partial charge on any atom is -0.303 e. The van der Waals surface area contributed by atoms with Gasteiger partial charge >= 0.3 is 0 Å². The van der Waals surface area contributed by atoms with Crippen LogP contribution in [0.3, 0.4) is 0 Å². The van der Waals surface area contributed by atoms with Crippen LogP contribution in [0, 0.1) is 6.92 Å². The van der Waals surface area contributed by atoms with E-state index in [1.807, 2.05) is 37.5 Å². The zero-order chi connectivity index (χ0) is 13.1. The number of allylic oxidation sites excluding steroid dienone is 1. The van der Waals surface area contributed by atoms with Crippen molar-refractivity contribution < 1.29 is 0 Å². The van der Waals surface area contributed by atoms with Crippen LogP contribution >= 0.6 is 0 Å². The van der Waals surface area contributed by atoms with E-state index in [0.29, 0.717) is 0 Å². The Bertz CT molecular complexity index is 594. The highest BCUT2D eigenvalue weighted by Crippen LogP contribution is 2.14. The lowest BCUT2D eigenvalue weighted by atomic mass is 10.2. The van der Waals surface area contributed by atoms with Crippen molar-refractivity contribution in [3.63, 3.8) is 0 Å². The molecule has 4 heteroatoms. The van der Waals surface area contributed by atoms with E-state index in [2.05, 4.69) is 21.5 Å². The number of rotatable bonds is 3. The lowest BCUT2D eigenvalue weighted by Gasteiger charge is -2.05. The van der Waals surface area contributed by atoms with Gasteiger partial charge in [-0.25, -0.2) is 4.98 Å². The lowest BCUT2D eigenvalue weighted by Crippen LogP contribution is -2.01. The molecular weight excluding hydrogens is 224 g/mol. The predicted octanol–water partition coefficient (Wildman–Crippen LogP) is 2.92. The van der Waals surface area contributed by atoms with E-state index in [1.165, 1.54) is 0 Å². The second kappa shape index (κ2) is 4.96. The highest BCUT2D eigenvalue weighted by Gasteiger charge is 2.10. The third kappa shape index (κ3) is 2.37. The number of aromatic nitrogens is 3. The SMILES string of the molecule is C=C(C)N=C(C)c1ncn(-c2ccncc2)c1C. The van der Waals surface area contributed by atoms with E-state index in [4.69, 9.17) is 0 Å². The van der Waals surface area contributed by atoms with E-state index >= 15 is 0 Å². The molecule has 0 bridgehead atoms. The van der Waals surface area contributed by atoms with Crippen molar-refractivity contribution in [2.24, 2.45) is 4.99 Å². The number of aliphatic imine (C=N–C) groups is 1. The molecule has 18 heavy (non-hydrogen) atoms. The molecule has 0 aliphatic heterocycles. The van der Waals surface area contributed by atoms with Gasteiger partial charge in [-0.3, -0.25) is 9.98 Å². The largest absolute Gasteiger partial charge is 0.303 e. The Morgan fingerprint density at radius 3 is 2.56 bits per heavy atom. The fourth-order valence-electron chi connectivity index (χ4n) is 1.87. The average Bonchev–Trinajstić information content (AvgIpc) is 2.71. The van der Waals surface area contributed by atoms with Gasteiger partial charge in [0, 0.05) is 29.5 Å². The summed E-state index contributed by atoms with van der Waals surface area (Å²) >= 11 is 0. The molecule has 0 spiro atoms. The van der Waals surface area contributed by atoms with Crippen LogP contribution in [0.15, 0.2) is 48.1 Å². The van der Waals surface area contributed by atoms with Gasteiger partial charge in [-0.05, 0) is 32.9 Å². The van der Waals surface area contributed by atoms with Gasteiger partial charge < -0.3 is 4.57 Å². The summed E-state index contributed by atoms with van der Waals surface area (Å²) in [5, 5.41) is 0. The van der Waals surface area contributed by atoms with E-state index in [0.717, 1.165) is 28.5 Å². The summed E-state index contributed by atoms with van der Waals surface area (Å²) < 4.78 is 2.02. The Morgan fingerprint density at radius 1 is 1.28 bits per heavy atom. The summed E-state index contributed by atoms with van der Waals surface area (Å²) in [6.45, 7) is 9.63. The standard InChI is InChI=1S/C14H16N4/c1-10(2)17-11(3)14-12(4)18(9-16-14)13-5-7-15-8-6-13/h5-9H,1H2,2-4H3. The molecule has 4 nitrogen and oxygen atoms in total. The Morgan fingerprint density at radius 2 is 1.94 bits per heavy atom. The smallest absolute Gasteiger partial charge is 0.105 e. The van der Waals surface area contributed by atoms with Crippen LogP contribution in [0.2, 0.25) is 0 Å². The molecule has 2 heterocycles. The molecule has 2 aromatic heterocycles. The highest BCUT2D eigenvalue weighted by atomic mass is 15.1. The predicted molar refractivity (Wildman–Crippen MR) is 73.1 cm³/mol. The van der Waals surface area contributed by atoms with Crippen molar-refractivity contribution in [2.75, 3.05) is 0 Å². The first-order valence-electron chi connectivity index (χ1n) is 5.75. The number of hydrogen-bond donors (Lipinski definition) is 0. The normalized spacial score (nSPS) is 11.6. The number of imidazole rings is 1. The quantitative estimate of drug-likeness (QED) is 0.774. The van der Waals surface area contributed by atoms with E-state index in [9.17, 15) is 0 Å². The Labute approximate surface area is 107 Å². The molecule has 0 aliphatic carbocycles. The average molecular weight is 240 g/mol. The van der Waals surface area contributed by atoms with Crippen LogP contribution in [-0.4, -0.2) is 20.2 Å². The second-order valence-electron chi connectivity index (χ2n) is 4.19. The number of nitrogens with zero attached hydrogens (tertiary/aromatic N) is 4. The van der Waals surface area contributed by atoms with Crippen molar-refractivity contribution >= 4 is 5.71 Å². The first-order valence-corrected chi connectivity index (χ1v) is 5.75. The molecule has 2 rings (SSSR count). The van der Waals surface area contributed by atoms with Crippen molar-refractivity contribution in [2.45, 2.75) is 20.8 Å². The molecule has 2 aromatic rings. The first kappa shape index (κ1) is 12.2. The third-order valence-corrected chi connectivity index (χ3v) is 2.65. The van der Waals surface area contributed by atoms with Gasteiger partial charge in [-0.15, -0.1) is 0 Å². The van der Waals surface area contributed by atoms with Gasteiger partial charge in [-0.1, -0.05) is 6.58 Å². The van der Waals surface area contributed by atoms with Crippen LogP contribution in [-0.2, 0) is 0 Å². The van der Waals surface area contributed by atoms with Gasteiger partial charge in [-0.2, -0.15) is 0 Å². The van der Waals surface area contributed by atoms with E-state index < -0.39 is 0 Å². The third-order valence-electron chi connectivity index (χ3n) is 2.65. The molecule has 0 saturated carbocycles. The van der Waals surface area contributed by atoms with Gasteiger partial charge in [0.15, 0.2) is 0 Å². The maximum atomic E-state index is 4.42. The molecule has 0 atom stereocenters. The minimum atomic E-state index is 0.783. The fraction of sp³-hybridized carbons (Fsp3) is 0.214. The first-order chi connectivity index (χ1) is 8.59. The Balaban J connectivity index is 2.44. The number of pyridine rings is 1. The van der Waals surface area contributed by atoms with Crippen LogP contribution in [0.1, 0.15) is 25.2 Å². The maximum Gasteiger partial charge on any atom is 0.105 e. The summed E-state index contributed by atoms with van der Waals surface area (Å²) in [6.07, 6.45) is 5.34. The van der Waals surface area contributed by atoms with Gasteiger partial charge in [0.25, 0.3) is 0 Å². The summed E-state index contributed by atoms with van der Waals surface area (Å²) in [6, 6.07) is 3.90. The van der Waals surface area contributed by atoms with E-state index in [1.54, 1.807) is 18.7 Å². The van der Waals surface area contributed by atoms with Crippen molar-refractivity contribution in [1.82, 2.24) is 14.5 Å². The van der Waals surface area contributed by atoms with Crippen LogP contribution in [0.5, 0.6) is 0 Å². The summed E-state index contributed by atoms with van der Waals surface area (Å²) in [7, 11) is 0. The van der Waals surface area contributed by atoms with Crippen molar-refractivity contribution in [1.29, 1.82) is 0 Å². The van der Waals surface area contributed by atoms with Crippen molar-refractivity contribution in [3.05, 3.63) is 54.5 Å². The molecule has 0 aromatic carbocycles. The fourth-order valence-corrected chi connectivity index (χ4v) is 1.87.